The molecule has 0 fully saturated rings. The fourth-order valence-electron chi connectivity index (χ4n) is 2.69. The van der Waals surface area contributed by atoms with Crippen LogP contribution in [0.25, 0.3) is 0 Å². The number of likely N-dealkylation sites (N-methyl/N-ethyl adjacent to an activating group) is 1. The highest BCUT2D eigenvalue weighted by atomic mass is 16.2. The van der Waals surface area contributed by atoms with Crippen molar-refractivity contribution in [3.63, 3.8) is 0 Å². The van der Waals surface area contributed by atoms with E-state index in [4.69, 9.17) is 0 Å². The van der Waals surface area contributed by atoms with Gasteiger partial charge in [0.2, 0.25) is 5.91 Å². The molecule has 0 atom stereocenters. The number of hydrogen-bond donors (Lipinski definition) is 2. The van der Waals surface area contributed by atoms with Crippen LogP contribution >= 0.6 is 0 Å². The summed E-state index contributed by atoms with van der Waals surface area (Å²) in [6.07, 6.45) is 0. The molecule has 0 aliphatic carbocycles. The van der Waals surface area contributed by atoms with Crippen LogP contribution in [0, 0.1) is 0 Å². The lowest BCUT2D eigenvalue weighted by molar-refractivity contribution is -0.122. The van der Waals surface area contributed by atoms with Gasteiger partial charge in [-0.2, -0.15) is 0 Å². The zero-order valence-electron chi connectivity index (χ0n) is 16.5. The molecule has 2 N–H and O–H groups in total. The molecule has 0 spiro atoms. The van der Waals surface area contributed by atoms with Crippen molar-refractivity contribution in [2.24, 2.45) is 0 Å². The van der Waals surface area contributed by atoms with Crippen LogP contribution < -0.4 is 15.5 Å². The standard InChI is InChI=1S/C21H28N4O2/c1-22-21(27)18-9-5-17(6-10-18)14-25(4)15-20(26)23-13-16-7-11-19(12-8-16)24(2)3/h5-12H,13-15H2,1-4H3,(H,22,27)(H,23,26). The number of hydrogen-bond acceptors (Lipinski definition) is 4. The summed E-state index contributed by atoms with van der Waals surface area (Å²) in [6, 6.07) is 15.5. The Kier molecular flexibility index (Phi) is 7.37. The maximum absolute atomic E-state index is 12.2. The zero-order chi connectivity index (χ0) is 19.8. The molecule has 27 heavy (non-hydrogen) atoms. The smallest absolute Gasteiger partial charge is 0.251 e. The molecule has 2 rings (SSSR count). The predicted molar refractivity (Wildman–Crippen MR) is 109 cm³/mol. The summed E-state index contributed by atoms with van der Waals surface area (Å²) in [5.41, 5.74) is 3.88. The molecule has 0 radical (unpaired) electrons. The van der Waals surface area contributed by atoms with E-state index in [-0.39, 0.29) is 11.8 Å². The van der Waals surface area contributed by atoms with Crippen molar-refractivity contribution in [3.8, 4) is 0 Å². The summed E-state index contributed by atoms with van der Waals surface area (Å²) in [7, 11) is 7.51. The van der Waals surface area contributed by atoms with E-state index in [1.54, 1.807) is 19.2 Å². The number of rotatable bonds is 8. The highest BCUT2D eigenvalue weighted by molar-refractivity contribution is 5.93. The van der Waals surface area contributed by atoms with Gasteiger partial charge in [0, 0.05) is 45.5 Å². The van der Waals surface area contributed by atoms with Gasteiger partial charge in [-0.1, -0.05) is 24.3 Å². The number of carbonyl (C=O) groups excluding carboxylic acids is 2. The molecule has 2 aromatic carbocycles. The Morgan fingerprint density at radius 1 is 0.889 bits per heavy atom. The summed E-state index contributed by atoms with van der Waals surface area (Å²) in [4.78, 5) is 27.7. The molecule has 0 aliphatic rings. The van der Waals surface area contributed by atoms with Crippen molar-refractivity contribution in [1.29, 1.82) is 0 Å². The first-order chi connectivity index (χ1) is 12.9. The van der Waals surface area contributed by atoms with Gasteiger partial charge in [0.1, 0.15) is 0 Å². The Morgan fingerprint density at radius 3 is 2.04 bits per heavy atom. The van der Waals surface area contributed by atoms with Crippen LogP contribution in [0.5, 0.6) is 0 Å². The third kappa shape index (κ3) is 6.42. The summed E-state index contributed by atoms with van der Waals surface area (Å²) in [5, 5.41) is 5.55. The molecular weight excluding hydrogens is 340 g/mol. The largest absolute Gasteiger partial charge is 0.378 e. The molecule has 6 nitrogen and oxygen atoms in total. The molecule has 0 unspecified atom stereocenters. The number of anilines is 1. The molecular formula is C21H28N4O2. The van der Waals surface area contributed by atoms with E-state index in [1.165, 1.54) is 0 Å². The van der Waals surface area contributed by atoms with Crippen molar-refractivity contribution >= 4 is 17.5 Å². The van der Waals surface area contributed by atoms with Gasteiger partial charge in [0.15, 0.2) is 0 Å². The quantitative estimate of drug-likeness (QED) is 0.747. The number of carbonyl (C=O) groups is 2. The Morgan fingerprint density at radius 2 is 1.48 bits per heavy atom. The van der Waals surface area contributed by atoms with Crippen molar-refractivity contribution in [1.82, 2.24) is 15.5 Å². The van der Waals surface area contributed by atoms with Gasteiger partial charge in [0.25, 0.3) is 5.91 Å². The molecule has 2 amide bonds. The van der Waals surface area contributed by atoms with E-state index in [0.29, 0.717) is 25.2 Å². The first-order valence-electron chi connectivity index (χ1n) is 8.91. The number of benzene rings is 2. The average Bonchev–Trinajstić information content (AvgIpc) is 2.66. The predicted octanol–water partition coefficient (Wildman–Crippen LogP) is 1.86. The first kappa shape index (κ1) is 20.5. The summed E-state index contributed by atoms with van der Waals surface area (Å²) in [5.74, 6) is -0.121. The minimum absolute atomic E-state index is 0.0174. The molecule has 0 heterocycles. The van der Waals surface area contributed by atoms with Gasteiger partial charge in [0.05, 0.1) is 6.54 Å². The molecule has 2 aromatic rings. The fourth-order valence-corrected chi connectivity index (χ4v) is 2.69. The Bertz CT molecular complexity index is 755. The van der Waals surface area contributed by atoms with Crippen molar-refractivity contribution in [3.05, 3.63) is 65.2 Å². The van der Waals surface area contributed by atoms with Gasteiger partial charge < -0.3 is 15.5 Å². The van der Waals surface area contributed by atoms with Crippen LogP contribution in [0.3, 0.4) is 0 Å². The van der Waals surface area contributed by atoms with Crippen LogP contribution in [-0.4, -0.2) is 51.4 Å². The monoisotopic (exact) mass is 368 g/mol. The molecule has 0 saturated carbocycles. The second-order valence-electron chi connectivity index (χ2n) is 6.79. The summed E-state index contributed by atoms with van der Waals surface area (Å²) < 4.78 is 0. The van der Waals surface area contributed by atoms with Gasteiger partial charge in [-0.25, -0.2) is 0 Å². The van der Waals surface area contributed by atoms with Gasteiger partial charge >= 0.3 is 0 Å². The van der Waals surface area contributed by atoms with E-state index >= 15 is 0 Å². The van der Waals surface area contributed by atoms with E-state index in [0.717, 1.165) is 16.8 Å². The van der Waals surface area contributed by atoms with Crippen LogP contribution in [-0.2, 0) is 17.9 Å². The van der Waals surface area contributed by atoms with Gasteiger partial charge in [-0.15, -0.1) is 0 Å². The second-order valence-corrected chi connectivity index (χ2v) is 6.79. The second kappa shape index (κ2) is 9.73. The molecule has 6 heteroatoms. The minimum Gasteiger partial charge on any atom is -0.378 e. The van der Waals surface area contributed by atoms with E-state index in [1.807, 2.05) is 67.3 Å². The molecule has 0 aliphatic heterocycles. The van der Waals surface area contributed by atoms with Gasteiger partial charge in [-0.05, 0) is 42.4 Å². The number of amides is 2. The fraction of sp³-hybridized carbons (Fsp3) is 0.333. The third-order valence-electron chi connectivity index (χ3n) is 4.25. The van der Waals surface area contributed by atoms with Crippen molar-refractivity contribution in [2.75, 3.05) is 39.6 Å². The summed E-state index contributed by atoms with van der Waals surface area (Å²) >= 11 is 0. The Hall–Kier alpha value is -2.86. The molecule has 0 aromatic heterocycles. The zero-order valence-corrected chi connectivity index (χ0v) is 16.5. The van der Waals surface area contributed by atoms with Crippen LogP contribution in [0.1, 0.15) is 21.5 Å². The normalized spacial score (nSPS) is 10.6. The van der Waals surface area contributed by atoms with Crippen LogP contribution in [0.15, 0.2) is 48.5 Å². The van der Waals surface area contributed by atoms with Crippen molar-refractivity contribution in [2.45, 2.75) is 13.1 Å². The lowest BCUT2D eigenvalue weighted by Crippen LogP contribution is -2.34. The maximum atomic E-state index is 12.2. The SMILES string of the molecule is CNC(=O)c1ccc(CN(C)CC(=O)NCc2ccc(N(C)C)cc2)cc1. The molecule has 144 valence electrons. The first-order valence-corrected chi connectivity index (χ1v) is 8.91. The van der Waals surface area contributed by atoms with Crippen LogP contribution in [0.4, 0.5) is 5.69 Å². The molecule has 0 bridgehead atoms. The minimum atomic E-state index is -0.104. The van der Waals surface area contributed by atoms with E-state index in [9.17, 15) is 9.59 Å². The lowest BCUT2D eigenvalue weighted by Gasteiger charge is -2.17. The topological polar surface area (TPSA) is 64.7 Å². The van der Waals surface area contributed by atoms with E-state index in [2.05, 4.69) is 10.6 Å². The lowest BCUT2D eigenvalue weighted by atomic mass is 10.1. The molecule has 0 saturated heterocycles. The number of nitrogens with one attached hydrogen (secondary N) is 2. The van der Waals surface area contributed by atoms with Crippen molar-refractivity contribution < 1.29 is 9.59 Å². The van der Waals surface area contributed by atoms with Crippen LogP contribution in [0.2, 0.25) is 0 Å². The Labute approximate surface area is 161 Å². The Balaban J connectivity index is 1.78. The number of nitrogens with zero attached hydrogens (tertiary/aromatic N) is 2. The summed E-state index contributed by atoms with van der Waals surface area (Å²) in [6.45, 7) is 1.47. The highest BCUT2D eigenvalue weighted by Crippen LogP contribution is 2.12. The highest BCUT2D eigenvalue weighted by Gasteiger charge is 2.08. The maximum Gasteiger partial charge on any atom is 0.251 e. The third-order valence-corrected chi connectivity index (χ3v) is 4.25. The average molecular weight is 368 g/mol. The van der Waals surface area contributed by atoms with E-state index < -0.39 is 0 Å². The van der Waals surface area contributed by atoms with Gasteiger partial charge in [-0.3, -0.25) is 14.5 Å².